The van der Waals surface area contributed by atoms with Crippen LogP contribution in [0.2, 0.25) is 0 Å². The summed E-state index contributed by atoms with van der Waals surface area (Å²) in [7, 11) is 2.44. The highest BCUT2D eigenvalue weighted by Crippen LogP contribution is 2.25. The van der Waals surface area contributed by atoms with Crippen LogP contribution < -0.4 is 5.73 Å². The first kappa shape index (κ1) is 14.9. The van der Waals surface area contributed by atoms with Gasteiger partial charge in [0.25, 0.3) is 0 Å². The van der Waals surface area contributed by atoms with Gasteiger partial charge in [-0.3, -0.25) is 9.59 Å². The normalized spacial score (nSPS) is 22.5. The molecule has 0 bridgehead atoms. The van der Waals surface area contributed by atoms with Crippen LogP contribution in [0.3, 0.4) is 0 Å². The number of nitrogens with zero attached hydrogens (tertiary/aromatic N) is 2. The summed E-state index contributed by atoms with van der Waals surface area (Å²) < 4.78 is 9.34. The predicted octanol–water partition coefficient (Wildman–Crippen LogP) is -0.275. The van der Waals surface area contributed by atoms with Crippen molar-refractivity contribution in [2.24, 2.45) is 22.7 Å². The van der Waals surface area contributed by atoms with E-state index < -0.39 is 29.8 Å². The average Bonchev–Trinajstić information content (AvgIpc) is 2.43. The van der Waals surface area contributed by atoms with Crippen molar-refractivity contribution in [1.82, 2.24) is 5.01 Å². The van der Waals surface area contributed by atoms with E-state index in [9.17, 15) is 14.4 Å². The molecule has 2 atom stereocenters. The molecule has 19 heavy (non-hydrogen) atoms. The Morgan fingerprint density at radius 2 is 1.89 bits per heavy atom. The van der Waals surface area contributed by atoms with E-state index in [0.29, 0.717) is 12.1 Å². The zero-order valence-electron chi connectivity index (χ0n) is 11.1. The van der Waals surface area contributed by atoms with Crippen LogP contribution in [0.5, 0.6) is 0 Å². The largest absolute Gasteiger partial charge is 0.469 e. The van der Waals surface area contributed by atoms with Gasteiger partial charge in [-0.15, -0.1) is 0 Å². The molecular formula is C11H17N3O5. The molecule has 106 valence electrons. The highest BCUT2D eigenvalue weighted by molar-refractivity contribution is 6.06. The summed E-state index contributed by atoms with van der Waals surface area (Å²) in [5, 5.41) is 4.94. The van der Waals surface area contributed by atoms with Gasteiger partial charge in [0.05, 0.1) is 32.4 Å². The van der Waals surface area contributed by atoms with Crippen molar-refractivity contribution in [2.75, 3.05) is 20.8 Å². The summed E-state index contributed by atoms with van der Waals surface area (Å²) in [6, 6.07) is -0.789. The Morgan fingerprint density at radius 3 is 2.32 bits per heavy atom. The Hall–Kier alpha value is -2.12. The second-order valence-corrected chi connectivity index (χ2v) is 4.00. The first-order valence-electron chi connectivity index (χ1n) is 5.76. The van der Waals surface area contributed by atoms with E-state index in [1.807, 2.05) is 0 Å². The van der Waals surface area contributed by atoms with Crippen molar-refractivity contribution < 1.29 is 23.9 Å². The standard InChI is InChI=1S/C11H17N3O5/c1-4-7-8(10(16)19-3)6(9(15)18-2)5-14(13-7)11(12)17/h6,8H,4-5H2,1-3H3,(H2,12,17)/t6-,8+/m0/s1. The maximum absolute atomic E-state index is 11.8. The molecule has 0 saturated carbocycles. The molecule has 8 nitrogen and oxygen atoms in total. The van der Waals surface area contributed by atoms with Crippen molar-refractivity contribution in [1.29, 1.82) is 0 Å². The third-order valence-electron chi connectivity index (χ3n) is 2.96. The maximum atomic E-state index is 11.8. The molecule has 8 heteroatoms. The molecule has 1 heterocycles. The molecular weight excluding hydrogens is 254 g/mol. The maximum Gasteiger partial charge on any atom is 0.335 e. The van der Waals surface area contributed by atoms with Crippen LogP contribution in [0.1, 0.15) is 13.3 Å². The SMILES string of the molecule is CCC1=NN(C(N)=O)C[C@H](C(=O)OC)[C@H]1C(=O)OC. The van der Waals surface area contributed by atoms with E-state index in [2.05, 4.69) is 14.6 Å². The Morgan fingerprint density at radius 1 is 1.32 bits per heavy atom. The molecule has 0 aromatic carbocycles. The van der Waals surface area contributed by atoms with Gasteiger partial charge in [-0.2, -0.15) is 5.10 Å². The molecule has 1 aliphatic rings. The van der Waals surface area contributed by atoms with E-state index in [1.54, 1.807) is 6.92 Å². The van der Waals surface area contributed by atoms with Crippen molar-refractivity contribution >= 4 is 23.7 Å². The number of primary amides is 1. The highest BCUT2D eigenvalue weighted by Gasteiger charge is 2.43. The first-order valence-corrected chi connectivity index (χ1v) is 5.76. The molecule has 2 N–H and O–H groups in total. The van der Waals surface area contributed by atoms with Gasteiger partial charge in [-0.05, 0) is 6.42 Å². The van der Waals surface area contributed by atoms with Crippen LogP contribution in [-0.2, 0) is 19.1 Å². The minimum atomic E-state index is -0.864. The number of hydrogen-bond donors (Lipinski definition) is 1. The lowest BCUT2D eigenvalue weighted by molar-refractivity contribution is -0.155. The lowest BCUT2D eigenvalue weighted by atomic mass is 9.85. The van der Waals surface area contributed by atoms with E-state index in [4.69, 9.17) is 5.73 Å². The van der Waals surface area contributed by atoms with E-state index in [1.165, 1.54) is 14.2 Å². The van der Waals surface area contributed by atoms with Gasteiger partial charge >= 0.3 is 18.0 Å². The van der Waals surface area contributed by atoms with Crippen molar-refractivity contribution in [2.45, 2.75) is 13.3 Å². The Kier molecular flexibility index (Phi) is 4.85. The highest BCUT2D eigenvalue weighted by atomic mass is 16.5. The van der Waals surface area contributed by atoms with Gasteiger partial charge in [-0.25, -0.2) is 9.80 Å². The molecule has 0 saturated heterocycles. The summed E-state index contributed by atoms with van der Waals surface area (Å²) in [5.74, 6) is -2.90. The number of nitrogens with two attached hydrogens (primary N) is 1. The minimum absolute atomic E-state index is 0.106. The third-order valence-corrected chi connectivity index (χ3v) is 2.96. The fourth-order valence-electron chi connectivity index (χ4n) is 2.00. The number of carbonyl (C=O) groups is 3. The third kappa shape index (κ3) is 3.01. The minimum Gasteiger partial charge on any atom is -0.469 e. The number of carbonyl (C=O) groups excluding carboxylic acids is 3. The second kappa shape index (κ2) is 6.17. The van der Waals surface area contributed by atoms with Crippen molar-refractivity contribution in [3.8, 4) is 0 Å². The fraction of sp³-hybridized carbons (Fsp3) is 0.636. The summed E-state index contributed by atoms with van der Waals surface area (Å²) >= 11 is 0. The predicted molar refractivity (Wildman–Crippen MR) is 65.0 cm³/mol. The van der Waals surface area contributed by atoms with E-state index in [0.717, 1.165) is 5.01 Å². The zero-order valence-corrected chi connectivity index (χ0v) is 11.1. The lowest BCUT2D eigenvalue weighted by Crippen LogP contribution is -2.50. The molecule has 0 spiro atoms. The van der Waals surface area contributed by atoms with Crippen LogP contribution in [0.25, 0.3) is 0 Å². The van der Waals surface area contributed by atoms with E-state index in [-0.39, 0.29) is 6.54 Å². The van der Waals surface area contributed by atoms with Crippen LogP contribution in [0.4, 0.5) is 4.79 Å². The van der Waals surface area contributed by atoms with Gasteiger partial charge < -0.3 is 15.2 Å². The number of hydrazone groups is 1. The molecule has 2 amide bonds. The van der Waals surface area contributed by atoms with Crippen LogP contribution in [-0.4, -0.2) is 49.5 Å². The second-order valence-electron chi connectivity index (χ2n) is 4.00. The number of rotatable bonds is 3. The molecule has 1 aliphatic heterocycles. The van der Waals surface area contributed by atoms with Gasteiger partial charge in [-0.1, -0.05) is 6.92 Å². The van der Waals surface area contributed by atoms with Crippen LogP contribution in [0, 0.1) is 11.8 Å². The monoisotopic (exact) mass is 271 g/mol. The number of methoxy groups -OCH3 is 2. The lowest BCUT2D eigenvalue weighted by Gasteiger charge is -2.32. The number of urea groups is 1. The molecule has 0 aliphatic carbocycles. The summed E-state index contributed by atoms with van der Waals surface area (Å²) in [4.78, 5) is 34.8. The molecule has 1 rings (SSSR count). The topological polar surface area (TPSA) is 111 Å². The van der Waals surface area contributed by atoms with Gasteiger partial charge in [0.2, 0.25) is 0 Å². The number of amides is 2. The number of ether oxygens (including phenoxy) is 2. The van der Waals surface area contributed by atoms with Gasteiger partial charge in [0, 0.05) is 0 Å². The van der Waals surface area contributed by atoms with Crippen molar-refractivity contribution in [3.63, 3.8) is 0 Å². The molecule has 0 aromatic heterocycles. The Balaban J connectivity index is 3.19. The number of esters is 2. The van der Waals surface area contributed by atoms with Crippen molar-refractivity contribution in [3.05, 3.63) is 0 Å². The Labute approximate surface area is 110 Å². The molecule has 0 fully saturated rings. The van der Waals surface area contributed by atoms with Gasteiger partial charge in [0.1, 0.15) is 5.92 Å². The summed E-state index contributed by atoms with van der Waals surface area (Å²) in [5.41, 5.74) is 5.52. The summed E-state index contributed by atoms with van der Waals surface area (Å²) in [6.07, 6.45) is 0.386. The quantitative estimate of drug-likeness (QED) is 0.710. The fourth-order valence-corrected chi connectivity index (χ4v) is 2.00. The Bertz CT molecular complexity index is 421. The summed E-state index contributed by atoms with van der Waals surface area (Å²) in [6.45, 7) is 1.65. The average molecular weight is 271 g/mol. The van der Waals surface area contributed by atoms with Gasteiger partial charge in [0.15, 0.2) is 0 Å². The van der Waals surface area contributed by atoms with E-state index >= 15 is 0 Å². The molecule has 0 aromatic rings. The van der Waals surface area contributed by atoms with Crippen LogP contribution >= 0.6 is 0 Å². The molecule has 0 radical (unpaired) electrons. The first-order chi connectivity index (χ1) is 8.96. The van der Waals surface area contributed by atoms with Crippen LogP contribution in [0.15, 0.2) is 5.10 Å². The zero-order chi connectivity index (χ0) is 14.6. The smallest absolute Gasteiger partial charge is 0.335 e. The number of hydrogen-bond acceptors (Lipinski definition) is 6. The molecule has 0 unspecified atom stereocenters.